The van der Waals surface area contributed by atoms with E-state index in [1.54, 1.807) is 37.3 Å². The van der Waals surface area contributed by atoms with Crippen molar-refractivity contribution in [1.29, 1.82) is 0 Å². The van der Waals surface area contributed by atoms with E-state index in [0.29, 0.717) is 37.8 Å². The lowest BCUT2D eigenvalue weighted by Gasteiger charge is -2.35. The summed E-state index contributed by atoms with van der Waals surface area (Å²) >= 11 is 0. The summed E-state index contributed by atoms with van der Waals surface area (Å²) in [4.78, 5) is 92.9. The van der Waals surface area contributed by atoms with Gasteiger partial charge in [0.1, 0.15) is 18.2 Å². The highest BCUT2D eigenvalue weighted by atomic mass is 16.6. The molecule has 0 aromatic heterocycles. The van der Waals surface area contributed by atoms with E-state index in [0.717, 1.165) is 0 Å². The Kier molecular flexibility index (Phi) is 15.4. The van der Waals surface area contributed by atoms with Crippen molar-refractivity contribution in [3.8, 4) is 0 Å². The van der Waals surface area contributed by atoms with Crippen molar-refractivity contribution < 1.29 is 38.3 Å². The lowest BCUT2D eigenvalue weighted by molar-refractivity contribution is -0.143. The predicted molar refractivity (Wildman–Crippen MR) is 181 cm³/mol. The summed E-state index contributed by atoms with van der Waals surface area (Å²) in [6, 6.07) is 5.94. The van der Waals surface area contributed by atoms with E-state index in [4.69, 9.17) is 4.74 Å². The minimum atomic E-state index is -0.959. The van der Waals surface area contributed by atoms with Crippen LogP contribution in [0.5, 0.6) is 0 Å². The summed E-state index contributed by atoms with van der Waals surface area (Å²) in [6.45, 7) is 13.2. The molecule has 4 amide bonds. The number of hydrogen-bond acceptors (Lipinski definition) is 8. The van der Waals surface area contributed by atoms with Gasteiger partial charge in [-0.1, -0.05) is 78.3 Å². The molecular weight excluding hydrogens is 616 g/mol. The van der Waals surface area contributed by atoms with Crippen molar-refractivity contribution >= 4 is 41.2 Å². The standard InChI is InChI=1S/C36H54N4O8/c1-9-14-25(31(44)27(41)18-19-29(43)38-30(33(45)37-8)24-15-11-10-12-16-24)21-28(42)26-17-13-20-40(26)34(46)32(36(5,6)7)39-35(47)48-23(4)22(2)3/h10-12,15-16,22-23,25-26,30,32H,9,13-14,17-21H2,1-8H3,(H,37,45)(H,38,43)(H,39,47)/t23?,25?,26-,30-,32?/m0/s1. The van der Waals surface area contributed by atoms with Crippen LogP contribution in [0.15, 0.2) is 30.3 Å². The third kappa shape index (κ3) is 11.6. The smallest absolute Gasteiger partial charge is 0.408 e. The van der Waals surface area contributed by atoms with Crippen molar-refractivity contribution in [3.63, 3.8) is 0 Å². The average Bonchev–Trinajstić information content (AvgIpc) is 3.54. The Bertz CT molecular complexity index is 1310. The Labute approximate surface area is 284 Å². The normalized spacial score (nSPS) is 17.1. The number of alkyl carbamates (subject to hydrolysis) is 1. The van der Waals surface area contributed by atoms with E-state index < -0.39 is 64.8 Å². The van der Waals surface area contributed by atoms with Gasteiger partial charge in [-0.3, -0.25) is 28.8 Å². The molecule has 3 unspecified atom stereocenters. The van der Waals surface area contributed by atoms with Crippen LogP contribution in [-0.2, 0) is 33.5 Å². The first-order valence-corrected chi connectivity index (χ1v) is 16.9. The molecule has 1 aliphatic rings. The molecule has 1 fully saturated rings. The number of rotatable bonds is 17. The lowest BCUT2D eigenvalue weighted by Crippen LogP contribution is -2.57. The summed E-state index contributed by atoms with van der Waals surface area (Å²) in [5.41, 5.74) is -0.118. The molecule has 1 aliphatic heterocycles. The molecule has 2 rings (SSSR count). The summed E-state index contributed by atoms with van der Waals surface area (Å²) in [5, 5.41) is 7.84. The maximum atomic E-state index is 13.8. The minimum absolute atomic E-state index is 0.0870. The number of benzene rings is 1. The quantitative estimate of drug-likeness (QED) is 0.209. The summed E-state index contributed by atoms with van der Waals surface area (Å²) < 4.78 is 5.44. The topological polar surface area (TPSA) is 168 Å². The molecule has 0 radical (unpaired) electrons. The molecule has 3 N–H and O–H groups in total. The van der Waals surface area contributed by atoms with E-state index in [2.05, 4.69) is 16.0 Å². The van der Waals surface area contributed by atoms with Gasteiger partial charge in [0.25, 0.3) is 0 Å². The van der Waals surface area contributed by atoms with Crippen LogP contribution < -0.4 is 16.0 Å². The number of ether oxygens (including phenoxy) is 1. The maximum absolute atomic E-state index is 13.8. The molecule has 12 nitrogen and oxygen atoms in total. The van der Waals surface area contributed by atoms with Gasteiger partial charge in [0.2, 0.25) is 23.5 Å². The Balaban J connectivity index is 2.08. The number of ketones is 3. The minimum Gasteiger partial charge on any atom is -0.446 e. The molecule has 1 aromatic carbocycles. The van der Waals surface area contributed by atoms with Gasteiger partial charge in [-0.15, -0.1) is 0 Å². The van der Waals surface area contributed by atoms with Gasteiger partial charge in [0.15, 0.2) is 11.6 Å². The molecule has 5 atom stereocenters. The Hall–Kier alpha value is -4.09. The van der Waals surface area contributed by atoms with Gasteiger partial charge in [-0.25, -0.2) is 4.79 Å². The van der Waals surface area contributed by atoms with Crippen LogP contribution in [-0.4, -0.2) is 77.8 Å². The second kappa shape index (κ2) is 18.5. The van der Waals surface area contributed by atoms with E-state index in [1.807, 2.05) is 41.5 Å². The monoisotopic (exact) mass is 670 g/mol. The maximum Gasteiger partial charge on any atom is 0.408 e. The van der Waals surface area contributed by atoms with E-state index in [-0.39, 0.29) is 37.1 Å². The molecular formula is C36H54N4O8. The van der Waals surface area contributed by atoms with Gasteiger partial charge in [-0.2, -0.15) is 0 Å². The zero-order valence-corrected chi connectivity index (χ0v) is 29.7. The number of likely N-dealkylation sites (N-methyl/N-ethyl adjacent to an activating group) is 1. The lowest BCUT2D eigenvalue weighted by atomic mass is 9.85. The fourth-order valence-electron chi connectivity index (χ4n) is 5.59. The van der Waals surface area contributed by atoms with Crippen LogP contribution in [0, 0.1) is 17.3 Å². The zero-order chi connectivity index (χ0) is 36.2. The number of amides is 4. The van der Waals surface area contributed by atoms with Crippen LogP contribution in [0.4, 0.5) is 4.79 Å². The highest BCUT2D eigenvalue weighted by Crippen LogP contribution is 2.28. The van der Waals surface area contributed by atoms with Gasteiger partial charge in [0, 0.05) is 38.8 Å². The predicted octanol–water partition coefficient (Wildman–Crippen LogP) is 4.06. The van der Waals surface area contributed by atoms with Crippen LogP contribution in [0.1, 0.15) is 105 Å². The highest BCUT2D eigenvalue weighted by molar-refractivity contribution is 6.38. The molecule has 1 saturated heterocycles. The molecule has 266 valence electrons. The second-order valence-corrected chi connectivity index (χ2v) is 14.0. The molecule has 0 aliphatic carbocycles. The first kappa shape index (κ1) is 40.1. The Morgan fingerprint density at radius 2 is 1.60 bits per heavy atom. The van der Waals surface area contributed by atoms with Crippen LogP contribution in [0.2, 0.25) is 0 Å². The Morgan fingerprint density at radius 1 is 0.958 bits per heavy atom. The molecule has 1 aromatic rings. The number of carbonyl (C=O) groups excluding carboxylic acids is 7. The van der Waals surface area contributed by atoms with Crippen LogP contribution >= 0.6 is 0 Å². The van der Waals surface area contributed by atoms with Gasteiger partial charge >= 0.3 is 6.09 Å². The van der Waals surface area contributed by atoms with Gasteiger partial charge < -0.3 is 25.6 Å². The fraction of sp³-hybridized carbons (Fsp3) is 0.639. The van der Waals surface area contributed by atoms with Crippen molar-refractivity contribution in [2.75, 3.05) is 13.6 Å². The molecule has 48 heavy (non-hydrogen) atoms. The summed E-state index contributed by atoms with van der Waals surface area (Å²) in [6.07, 6.45) is -0.135. The summed E-state index contributed by atoms with van der Waals surface area (Å²) in [5.74, 6) is -4.01. The number of nitrogens with zero attached hydrogens (tertiary/aromatic N) is 1. The first-order valence-electron chi connectivity index (χ1n) is 16.9. The largest absolute Gasteiger partial charge is 0.446 e. The fourth-order valence-corrected chi connectivity index (χ4v) is 5.59. The molecule has 0 bridgehead atoms. The van der Waals surface area contributed by atoms with Crippen molar-refractivity contribution in [1.82, 2.24) is 20.9 Å². The van der Waals surface area contributed by atoms with Crippen molar-refractivity contribution in [2.24, 2.45) is 17.3 Å². The average molecular weight is 671 g/mol. The van der Waals surface area contributed by atoms with Crippen LogP contribution in [0.25, 0.3) is 0 Å². The number of hydrogen-bond donors (Lipinski definition) is 3. The third-order valence-electron chi connectivity index (χ3n) is 8.77. The molecule has 0 saturated carbocycles. The van der Waals surface area contributed by atoms with E-state index in [1.165, 1.54) is 11.9 Å². The van der Waals surface area contributed by atoms with Crippen molar-refractivity contribution in [3.05, 3.63) is 35.9 Å². The number of Topliss-reactive ketones (excluding diaryl/α,β-unsaturated/α-hetero) is 3. The zero-order valence-electron chi connectivity index (χ0n) is 29.7. The van der Waals surface area contributed by atoms with Gasteiger partial charge in [-0.05, 0) is 43.1 Å². The molecule has 0 spiro atoms. The second-order valence-electron chi connectivity index (χ2n) is 14.0. The number of nitrogens with one attached hydrogen (secondary N) is 3. The van der Waals surface area contributed by atoms with E-state index in [9.17, 15) is 33.6 Å². The van der Waals surface area contributed by atoms with Crippen molar-refractivity contribution in [2.45, 2.75) is 118 Å². The van der Waals surface area contributed by atoms with Gasteiger partial charge in [0.05, 0.1) is 6.04 Å². The number of likely N-dealkylation sites (tertiary alicyclic amines) is 1. The summed E-state index contributed by atoms with van der Waals surface area (Å²) in [7, 11) is 1.45. The van der Waals surface area contributed by atoms with E-state index >= 15 is 0 Å². The SMILES string of the molecule is CCCC(CC(=O)[C@@H]1CCCN1C(=O)C(NC(=O)OC(C)C(C)C)C(C)(C)C)C(=O)C(=O)CCC(=O)N[C@H](C(=O)NC)c1ccccc1. The molecule has 1 heterocycles. The third-order valence-corrected chi connectivity index (χ3v) is 8.77. The molecule has 12 heteroatoms. The number of carbonyl (C=O) groups is 7. The highest BCUT2D eigenvalue weighted by Gasteiger charge is 2.43. The van der Waals surface area contributed by atoms with Crippen LogP contribution in [0.3, 0.4) is 0 Å². The Morgan fingerprint density at radius 3 is 2.17 bits per heavy atom. The first-order chi connectivity index (χ1) is 22.5.